The number of nitrogens with one attached hydrogen (secondary N) is 1. The summed E-state index contributed by atoms with van der Waals surface area (Å²) < 4.78 is 0. The van der Waals surface area contributed by atoms with Gasteiger partial charge in [0, 0.05) is 16.6 Å². The predicted octanol–water partition coefficient (Wildman–Crippen LogP) is 6.45. The Bertz CT molecular complexity index is 1100. The van der Waals surface area contributed by atoms with Gasteiger partial charge in [-0.05, 0) is 53.7 Å². The maximum absolute atomic E-state index is 6.53. The number of anilines is 1. The highest BCUT2D eigenvalue weighted by atomic mass is 35.5. The van der Waals surface area contributed by atoms with Gasteiger partial charge in [-0.2, -0.15) is 0 Å². The van der Waals surface area contributed by atoms with Gasteiger partial charge in [-0.1, -0.05) is 84.5 Å². The lowest BCUT2D eigenvalue weighted by atomic mass is 9.75. The minimum Gasteiger partial charge on any atom is -0.343 e. The van der Waals surface area contributed by atoms with Crippen LogP contribution >= 0.6 is 11.6 Å². The molecule has 4 unspecified atom stereocenters. The van der Waals surface area contributed by atoms with Gasteiger partial charge in [0.15, 0.2) is 0 Å². The molecule has 0 amide bonds. The maximum Gasteiger partial charge on any atom is 0.103 e. The monoisotopic (exact) mass is 412 g/mol. The molecule has 0 radical (unpaired) electrons. The van der Waals surface area contributed by atoms with Gasteiger partial charge in [-0.3, -0.25) is 5.32 Å². The molecular formula is C27H25ClN2. The number of fused-ring (bicyclic) bond motifs is 6. The summed E-state index contributed by atoms with van der Waals surface area (Å²) in [6.07, 6.45) is 17.1. The van der Waals surface area contributed by atoms with Crippen molar-refractivity contribution in [2.45, 2.75) is 43.4 Å². The SMILES string of the molecule is Clc1ccc2c(c1)N1C(C3=CC=CCC3)NC(c3ccccc3)C1C1=CC=CCC12. The van der Waals surface area contributed by atoms with Crippen LogP contribution in [0.15, 0.2) is 96.1 Å². The van der Waals surface area contributed by atoms with Crippen LogP contribution in [0.3, 0.4) is 0 Å². The van der Waals surface area contributed by atoms with Gasteiger partial charge < -0.3 is 4.90 Å². The molecule has 0 aromatic heterocycles. The minimum atomic E-state index is 0.176. The van der Waals surface area contributed by atoms with Gasteiger partial charge >= 0.3 is 0 Å². The Balaban J connectivity index is 1.57. The summed E-state index contributed by atoms with van der Waals surface area (Å²) in [5.74, 6) is 0.426. The number of rotatable bonds is 2. The summed E-state index contributed by atoms with van der Waals surface area (Å²) in [6, 6.07) is 17.9. The lowest BCUT2D eigenvalue weighted by Crippen LogP contribution is -2.45. The normalized spacial score (nSPS) is 29.0. The Kier molecular flexibility index (Phi) is 4.44. The van der Waals surface area contributed by atoms with Crippen molar-refractivity contribution in [2.24, 2.45) is 0 Å². The summed E-state index contributed by atoms with van der Waals surface area (Å²) in [5, 5.41) is 4.84. The second-order valence-electron chi connectivity index (χ2n) is 8.60. The van der Waals surface area contributed by atoms with Crippen molar-refractivity contribution < 1.29 is 0 Å². The summed E-state index contributed by atoms with van der Waals surface area (Å²) in [5.41, 5.74) is 7.01. The van der Waals surface area contributed by atoms with E-state index in [0.717, 1.165) is 24.3 Å². The lowest BCUT2D eigenvalue weighted by Gasteiger charge is -2.44. The average Bonchev–Trinajstić information content (AvgIpc) is 3.21. The van der Waals surface area contributed by atoms with Crippen LogP contribution in [0.5, 0.6) is 0 Å². The van der Waals surface area contributed by atoms with Crippen LogP contribution in [-0.2, 0) is 0 Å². The average molecular weight is 413 g/mol. The highest BCUT2D eigenvalue weighted by Gasteiger charge is 2.49. The van der Waals surface area contributed by atoms with Crippen molar-refractivity contribution in [3.63, 3.8) is 0 Å². The van der Waals surface area contributed by atoms with Crippen LogP contribution in [-0.4, -0.2) is 12.2 Å². The van der Waals surface area contributed by atoms with Crippen LogP contribution in [0.1, 0.15) is 42.3 Å². The molecule has 0 bridgehead atoms. The van der Waals surface area contributed by atoms with Crippen molar-refractivity contribution in [1.82, 2.24) is 5.32 Å². The van der Waals surface area contributed by atoms with E-state index >= 15 is 0 Å². The molecule has 1 N–H and O–H groups in total. The van der Waals surface area contributed by atoms with Gasteiger partial charge in [0.25, 0.3) is 0 Å². The van der Waals surface area contributed by atoms with Crippen molar-refractivity contribution in [1.29, 1.82) is 0 Å². The zero-order chi connectivity index (χ0) is 20.1. The van der Waals surface area contributed by atoms with Crippen molar-refractivity contribution in [3.05, 3.63) is 112 Å². The quantitative estimate of drug-likeness (QED) is 0.610. The van der Waals surface area contributed by atoms with Gasteiger partial charge in [-0.25, -0.2) is 0 Å². The largest absolute Gasteiger partial charge is 0.343 e. The molecule has 3 heteroatoms. The first-order valence-corrected chi connectivity index (χ1v) is 11.3. The summed E-state index contributed by atoms with van der Waals surface area (Å²) >= 11 is 6.53. The Labute approximate surface area is 183 Å². The predicted molar refractivity (Wildman–Crippen MR) is 125 cm³/mol. The third-order valence-corrected chi connectivity index (χ3v) is 7.21. The van der Waals surface area contributed by atoms with Crippen molar-refractivity contribution in [2.75, 3.05) is 4.90 Å². The van der Waals surface area contributed by atoms with Gasteiger partial charge in [0.1, 0.15) is 6.17 Å². The smallest absolute Gasteiger partial charge is 0.103 e. The van der Waals surface area contributed by atoms with Gasteiger partial charge in [0.05, 0.1) is 12.1 Å². The Morgan fingerprint density at radius 1 is 0.967 bits per heavy atom. The number of hydrogen-bond acceptors (Lipinski definition) is 2. The van der Waals surface area contributed by atoms with Crippen molar-refractivity contribution >= 4 is 17.3 Å². The van der Waals surface area contributed by atoms with Gasteiger partial charge in [0.2, 0.25) is 0 Å². The zero-order valence-corrected chi connectivity index (χ0v) is 17.6. The molecule has 2 aromatic rings. The fourth-order valence-electron chi connectivity index (χ4n) is 5.67. The third kappa shape index (κ3) is 2.82. The highest BCUT2D eigenvalue weighted by molar-refractivity contribution is 6.30. The molecule has 0 saturated carbocycles. The van der Waals surface area contributed by atoms with E-state index in [-0.39, 0.29) is 18.2 Å². The third-order valence-electron chi connectivity index (χ3n) is 6.97. The van der Waals surface area contributed by atoms with Gasteiger partial charge in [-0.15, -0.1) is 0 Å². The summed E-state index contributed by atoms with van der Waals surface area (Å²) in [4.78, 5) is 2.62. The molecule has 2 aromatic carbocycles. The molecule has 4 atom stereocenters. The molecular weight excluding hydrogens is 388 g/mol. The first-order valence-electron chi connectivity index (χ1n) is 10.9. The summed E-state index contributed by atoms with van der Waals surface area (Å²) in [7, 11) is 0. The van der Waals surface area contributed by atoms with Crippen LogP contribution in [0.2, 0.25) is 5.02 Å². The Morgan fingerprint density at radius 3 is 2.67 bits per heavy atom. The van der Waals surface area contributed by atoms with E-state index in [2.05, 4.69) is 89.1 Å². The fourth-order valence-corrected chi connectivity index (χ4v) is 5.84. The standard InChI is InChI=1S/C27H25ClN2/c28-20-15-16-22-21-13-7-8-14-23(21)26-25(18-9-3-1-4-10-18)29-27(30(26)24(22)17-20)19-11-5-2-6-12-19/h1-5,7-11,14-17,21,25-27,29H,6,12-13H2. The highest BCUT2D eigenvalue weighted by Crippen LogP contribution is 2.52. The molecule has 0 spiro atoms. The number of benzene rings is 2. The molecule has 2 heterocycles. The molecule has 1 saturated heterocycles. The lowest BCUT2D eigenvalue weighted by molar-refractivity contribution is 0.552. The van der Waals surface area contributed by atoms with E-state index in [9.17, 15) is 0 Å². The van der Waals surface area contributed by atoms with Crippen molar-refractivity contribution in [3.8, 4) is 0 Å². The van der Waals surface area contributed by atoms with E-state index in [1.165, 1.54) is 28.0 Å². The summed E-state index contributed by atoms with van der Waals surface area (Å²) in [6.45, 7) is 0. The molecule has 150 valence electrons. The molecule has 2 aliphatic carbocycles. The number of halogens is 1. The van der Waals surface area contributed by atoms with E-state index in [0.29, 0.717) is 5.92 Å². The van der Waals surface area contributed by atoms with Crippen LogP contribution in [0.25, 0.3) is 0 Å². The van der Waals surface area contributed by atoms with E-state index in [1.54, 1.807) is 0 Å². The topological polar surface area (TPSA) is 15.3 Å². The molecule has 2 nitrogen and oxygen atoms in total. The minimum absolute atomic E-state index is 0.176. The molecule has 1 fully saturated rings. The molecule has 30 heavy (non-hydrogen) atoms. The van der Waals surface area contributed by atoms with Crippen LogP contribution in [0, 0.1) is 0 Å². The second-order valence-corrected chi connectivity index (χ2v) is 9.04. The second kappa shape index (κ2) is 7.30. The maximum atomic E-state index is 6.53. The number of hydrogen-bond donors (Lipinski definition) is 1. The fraction of sp³-hybridized carbons (Fsp3) is 0.259. The van der Waals surface area contributed by atoms with E-state index in [1.807, 2.05) is 6.07 Å². The van der Waals surface area contributed by atoms with E-state index in [4.69, 9.17) is 11.6 Å². The molecule has 2 aliphatic heterocycles. The first kappa shape index (κ1) is 18.2. The van der Waals surface area contributed by atoms with Crippen LogP contribution < -0.4 is 10.2 Å². The first-order chi connectivity index (χ1) is 14.8. The zero-order valence-electron chi connectivity index (χ0n) is 16.8. The van der Waals surface area contributed by atoms with Crippen LogP contribution in [0.4, 0.5) is 5.69 Å². The molecule has 6 rings (SSSR count). The molecule has 4 aliphatic rings. The number of nitrogens with zero attached hydrogens (tertiary/aromatic N) is 1. The number of allylic oxidation sites excluding steroid dienone is 6. The Morgan fingerprint density at radius 2 is 1.83 bits per heavy atom. The van der Waals surface area contributed by atoms with E-state index < -0.39 is 0 Å². The Hall–Kier alpha value is -2.55.